The first-order valence-corrected chi connectivity index (χ1v) is 17.1. The van der Waals surface area contributed by atoms with E-state index >= 15 is 0 Å². The number of hydrogen-bond acceptors (Lipinski definition) is 11. The van der Waals surface area contributed by atoms with Gasteiger partial charge in [-0.05, 0) is 22.3 Å². The minimum atomic E-state index is -2.75. The van der Waals surface area contributed by atoms with Gasteiger partial charge in [-0.3, -0.25) is 19.2 Å². The summed E-state index contributed by atoms with van der Waals surface area (Å²) in [4.78, 5) is 79.3. The molecular weight excluding hydrogens is 696 g/mol. The number of ether oxygens (including phenoxy) is 4. The van der Waals surface area contributed by atoms with Crippen LogP contribution >= 0.6 is 0 Å². The molecule has 3 atom stereocenters. The Morgan fingerprint density at radius 2 is 1.02 bits per heavy atom. The number of amides is 2. The molecule has 0 heterocycles. The summed E-state index contributed by atoms with van der Waals surface area (Å²) in [5, 5.41) is 16.5. The lowest BCUT2D eigenvalue weighted by Crippen LogP contribution is -2.55. The van der Waals surface area contributed by atoms with Gasteiger partial charge in [0.1, 0.15) is 31.9 Å². The summed E-state index contributed by atoms with van der Waals surface area (Å²) in [6.45, 7) is -0.575. The fourth-order valence-corrected chi connectivity index (χ4v) is 5.23. The molecule has 0 fully saturated rings. The van der Waals surface area contributed by atoms with Gasteiger partial charge in [-0.25, -0.2) is 9.59 Å². The molecule has 0 aliphatic rings. The highest BCUT2D eigenvalue weighted by molar-refractivity contribution is 5.96. The molecule has 0 saturated heterocycles. The minimum absolute atomic E-state index is 0.0243. The molecule has 0 aromatic heterocycles. The molecule has 3 N–H and O–H groups in total. The van der Waals surface area contributed by atoms with Gasteiger partial charge in [-0.1, -0.05) is 121 Å². The lowest BCUT2D eigenvalue weighted by atomic mass is 9.94. The third-order valence-corrected chi connectivity index (χ3v) is 8.08. The third-order valence-electron chi connectivity index (χ3n) is 8.08. The number of methoxy groups -OCH3 is 1. The van der Waals surface area contributed by atoms with Gasteiger partial charge in [0.25, 0.3) is 0 Å². The predicted molar refractivity (Wildman–Crippen MR) is 194 cm³/mol. The zero-order valence-corrected chi connectivity index (χ0v) is 29.7. The predicted octanol–water partition coefficient (Wildman–Crippen LogP) is 3.50. The molecule has 0 aliphatic carbocycles. The number of benzene rings is 4. The number of nitrogens with one attached hydrogen (secondary N) is 2. The molecular formula is C41H42N2O11. The van der Waals surface area contributed by atoms with E-state index in [1.807, 2.05) is 0 Å². The Hall–Kier alpha value is -6.34. The van der Waals surface area contributed by atoms with Gasteiger partial charge in [0.2, 0.25) is 11.8 Å². The molecule has 13 heteroatoms. The number of hydrogen-bond donors (Lipinski definition) is 3. The van der Waals surface area contributed by atoms with Gasteiger partial charge in [0.15, 0.2) is 5.60 Å². The van der Waals surface area contributed by atoms with Crippen LogP contribution in [-0.4, -0.2) is 65.6 Å². The lowest BCUT2D eigenvalue weighted by molar-refractivity contribution is -0.176. The first-order valence-electron chi connectivity index (χ1n) is 17.1. The van der Waals surface area contributed by atoms with E-state index in [-0.39, 0.29) is 26.2 Å². The van der Waals surface area contributed by atoms with Crippen molar-refractivity contribution in [1.29, 1.82) is 0 Å². The summed E-state index contributed by atoms with van der Waals surface area (Å²) in [5.74, 6) is -6.02. The van der Waals surface area contributed by atoms with E-state index in [0.29, 0.717) is 22.3 Å². The van der Waals surface area contributed by atoms with Crippen LogP contribution in [0.25, 0.3) is 0 Å². The van der Waals surface area contributed by atoms with Crippen molar-refractivity contribution in [2.24, 2.45) is 0 Å². The molecule has 4 aromatic rings. The van der Waals surface area contributed by atoms with E-state index < -0.39 is 72.6 Å². The largest absolute Gasteiger partial charge is 0.467 e. The first-order chi connectivity index (χ1) is 26.0. The fourth-order valence-electron chi connectivity index (χ4n) is 5.23. The summed E-state index contributed by atoms with van der Waals surface area (Å²) >= 11 is 0. The quantitative estimate of drug-likeness (QED) is 0.0946. The first kappa shape index (κ1) is 40.4. The van der Waals surface area contributed by atoms with Crippen molar-refractivity contribution in [1.82, 2.24) is 10.6 Å². The normalized spacial score (nSPS) is 12.9. The average Bonchev–Trinajstić information content (AvgIpc) is 3.19. The van der Waals surface area contributed by atoms with Crippen molar-refractivity contribution in [2.45, 2.75) is 63.2 Å². The van der Waals surface area contributed by atoms with Crippen LogP contribution in [0.15, 0.2) is 121 Å². The molecule has 0 saturated carbocycles. The topological polar surface area (TPSA) is 184 Å². The maximum absolute atomic E-state index is 13.7. The van der Waals surface area contributed by atoms with Gasteiger partial charge < -0.3 is 34.7 Å². The summed E-state index contributed by atoms with van der Waals surface area (Å²) in [6, 6.07) is 31.9. The Bertz CT molecular complexity index is 1840. The standard InChI is InChI=1S/C41H42N2O11/c1-51-39(48)34(22-29-14-6-2-7-15-29)43-38(47)33(23-36(45)52-26-30-16-8-3-9-17-30)42-35(44)24-41(50,40(49)54-28-32-20-12-5-13-21-32)25-37(46)53-27-31-18-10-4-11-19-31/h2-21,33-34,50H,22-28H2,1H3,(H,42,44)(H,43,47)/t33-,34-,41?/m0/s1. The Morgan fingerprint density at radius 1 is 0.574 bits per heavy atom. The molecule has 0 aliphatic heterocycles. The van der Waals surface area contributed by atoms with Crippen LogP contribution in [0.1, 0.15) is 41.5 Å². The second kappa shape index (κ2) is 20.6. The molecule has 282 valence electrons. The minimum Gasteiger partial charge on any atom is -0.467 e. The second-order valence-corrected chi connectivity index (χ2v) is 12.3. The van der Waals surface area contributed by atoms with Gasteiger partial charge in [0, 0.05) is 6.42 Å². The number of rotatable bonds is 19. The highest BCUT2D eigenvalue weighted by Gasteiger charge is 2.44. The molecule has 2 amide bonds. The smallest absolute Gasteiger partial charge is 0.339 e. The zero-order chi connectivity index (χ0) is 38.8. The maximum atomic E-state index is 13.7. The highest BCUT2D eigenvalue weighted by atomic mass is 16.6. The zero-order valence-electron chi connectivity index (χ0n) is 29.7. The Kier molecular flexibility index (Phi) is 15.4. The third kappa shape index (κ3) is 13.3. The summed E-state index contributed by atoms with van der Waals surface area (Å²) in [5.41, 5.74) is -0.171. The Balaban J connectivity index is 1.52. The highest BCUT2D eigenvalue weighted by Crippen LogP contribution is 2.21. The van der Waals surface area contributed by atoms with E-state index in [1.54, 1.807) is 121 Å². The summed E-state index contributed by atoms with van der Waals surface area (Å²) in [7, 11) is 1.15. The van der Waals surface area contributed by atoms with Crippen LogP contribution in [0.4, 0.5) is 0 Å². The molecule has 13 nitrogen and oxygen atoms in total. The SMILES string of the molecule is COC(=O)[C@H](Cc1ccccc1)NC(=O)[C@H](CC(=O)OCc1ccccc1)NC(=O)CC(O)(CC(=O)OCc1ccccc1)C(=O)OCc1ccccc1. The number of esters is 4. The van der Waals surface area contributed by atoms with Crippen LogP contribution in [0, 0.1) is 0 Å². The Labute approximate surface area is 312 Å². The van der Waals surface area contributed by atoms with E-state index in [2.05, 4.69) is 10.6 Å². The van der Waals surface area contributed by atoms with E-state index in [0.717, 1.165) is 7.11 Å². The maximum Gasteiger partial charge on any atom is 0.339 e. The molecule has 0 spiro atoms. The van der Waals surface area contributed by atoms with Gasteiger partial charge in [-0.15, -0.1) is 0 Å². The molecule has 54 heavy (non-hydrogen) atoms. The summed E-state index contributed by atoms with van der Waals surface area (Å²) in [6.07, 6.45) is -2.71. The average molecular weight is 739 g/mol. The van der Waals surface area contributed by atoms with E-state index in [9.17, 15) is 33.9 Å². The molecule has 4 rings (SSSR count). The van der Waals surface area contributed by atoms with Crippen LogP contribution in [-0.2, 0) is 74.0 Å². The van der Waals surface area contributed by atoms with Crippen LogP contribution in [0.3, 0.4) is 0 Å². The van der Waals surface area contributed by atoms with E-state index in [4.69, 9.17) is 18.9 Å². The molecule has 1 unspecified atom stereocenters. The molecule has 0 radical (unpaired) electrons. The van der Waals surface area contributed by atoms with Crippen LogP contribution in [0.5, 0.6) is 0 Å². The van der Waals surface area contributed by atoms with Crippen molar-refractivity contribution in [3.8, 4) is 0 Å². The molecule has 0 bridgehead atoms. The lowest BCUT2D eigenvalue weighted by Gasteiger charge is -2.26. The summed E-state index contributed by atoms with van der Waals surface area (Å²) < 4.78 is 20.8. The monoisotopic (exact) mass is 738 g/mol. The van der Waals surface area contributed by atoms with Crippen molar-refractivity contribution in [2.75, 3.05) is 7.11 Å². The van der Waals surface area contributed by atoms with Gasteiger partial charge in [-0.2, -0.15) is 0 Å². The Morgan fingerprint density at radius 3 is 1.50 bits per heavy atom. The second-order valence-electron chi connectivity index (χ2n) is 12.3. The number of aliphatic hydroxyl groups is 1. The van der Waals surface area contributed by atoms with Gasteiger partial charge in [0.05, 0.1) is 26.4 Å². The van der Waals surface area contributed by atoms with Crippen LogP contribution < -0.4 is 10.6 Å². The van der Waals surface area contributed by atoms with Gasteiger partial charge >= 0.3 is 23.9 Å². The number of carbonyl (C=O) groups is 6. The van der Waals surface area contributed by atoms with Crippen molar-refractivity contribution < 1.29 is 52.8 Å². The van der Waals surface area contributed by atoms with Crippen LogP contribution in [0.2, 0.25) is 0 Å². The van der Waals surface area contributed by atoms with E-state index in [1.165, 1.54) is 0 Å². The van der Waals surface area contributed by atoms with Crippen molar-refractivity contribution >= 4 is 35.7 Å². The fraction of sp³-hybridized carbons (Fsp3) is 0.268. The van der Waals surface area contributed by atoms with Crippen molar-refractivity contribution in [3.63, 3.8) is 0 Å². The molecule has 4 aromatic carbocycles. The number of carbonyl (C=O) groups excluding carboxylic acids is 6. The van der Waals surface area contributed by atoms with Crippen molar-refractivity contribution in [3.05, 3.63) is 144 Å².